The van der Waals surface area contributed by atoms with Crippen LogP contribution in [0.2, 0.25) is 0 Å². The van der Waals surface area contributed by atoms with Crippen LogP contribution in [0, 0.1) is 0 Å². The van der Waals surface area contributed by atoms with Crippen LogP contribution in [-0.4, -0.2) is 46.7 Å². The van der Waals surface area contributed by atoms with E-state index in [1.165, 1.54) is 0 Å². The van der Waals surface area contributed by atoms with Gasteiger partial charge in [-0.2, -0.15) is 0 Å². The summed E-state index contributed by atoms with van der Waals surface area (Å²) in [7, 11) is 0. The lowest BCUT2D eigenvalue weighted by molar-refractivity contribution is -0.134. The molecule has 0 atom stereocenters. The smallest absolute Gasteiger partial charge is 0.328 e. The van der Waals surface area contributed by atoms with Crippen molar-refractivity contribution >= 4 is 33.8 Å². The molecule has 0 aliphatic carbocycles. The molecule has 0 saturated heterocycles. The van der Waals surface area contributed by atoms with Gasteiger partial charge in [-0.15, -0.1) is 0 Å². The first-order valence-electron chi connectivity index (χ1n) is 7.94. The molecule has 26 heavy (non-hydrogen) atoms. The summed E-state index contributed by atoms with van der Waals surface area (Å²) in [5.41, 5.74) is 0.821. The molecule has 0 aliphatic heterocycles. The highest BCUT2D eigenvalue weighted by Gasteiger charge is 2.08. The third-order valence-corrected chi connectivity index (χ3v) is 3.24. The minimum Gasteiger partial charge on any atom is -0.478 e. The molecule has 0 radical (unpaired) electrons. The Kier molecular flexibility index (Phi) is 11.2. The van der Waals surface area contributed by atoms with Crippen LogP contribution in [0.5, 0.6) is 0 Å². The molecule has 8 heteroatoms. The van der Waals surface area contributed by atoms with Crippen molar-refractivity contribution in [2.24, 2.45) is 0 Å². The van der Waals surface area contributed by atoms with Crippen molar-refractivity contribution in [3.8, 4) is 0 Å². The number of carboxylic acid groups (broad SMARTS) is 2. The third-order valence-electron chi connectivity index (χ3n) is 2.75. The van der Waals surface area contributed by atoms with E-state index in [2.05, 4.69) is 47.3 Å². The molecule has 0 unspecified atom stereocenters. The summed E-state index contributed by atoms with van der Waals surface area (Å²) >= 11 is 3.36. The average Bonchev–Trinajstić information content (AvgIpc) is 2.52. The predicted octanol–water partition coefficient (Wildman–Crippen LogP) is 2.67. The molecule has 0 aliphatic rings. The number of amides is 1. The fraction of sp³-hybridized carbons (Fsp3) is 0.389. The van der Waals surface area contributed by atoms with Gasteiger partial charge in [0.15, 0.2) is 0 Å². The highest BCUT2D eigenvalue weighted by atomic mass is 79.9. The molecule has 0 fully saturated rings. The molecule has 4 N–H and O–H groups in total. The van der Waals surface area contributed by atoms with Gasteiger partial charge < -0.3 is 20.8 Å². The Hall–Kier alpha value is -2.19. The van der Waals surface area contributed by atoms with Crippen molar-refractivity contribution in [1.29, 1.82) is 0 Å². The maximum Gasteiger partial charge on any atom is 0.328 e. The summed E-state index contributed by atoms with van der Waals surface area (Å²) < 4.78 is 0.921. The highest BCUT2D eigenvalue weighted by molar-refractivity contribution is 9.10. The number of rotatable bonds is 7. The van der Waals surface area contributed by atoms with Crippen LogP contribution in [0.3, 0.4) is 0 Å². The number of nitrogens with one attached hydrogen (secondary N) is 2. The van der Waals surface area contributed by atoms with Gasteiger partial charge in [-0.1, -0.05) is 22.0 Å². The van der Waals surface area contributed by atoms with Crippen molar-refractivity contribution in [3.05, 3.63) is 46.5 Å². The first kappa shape index (κ1) is 23.8. The summed E-state index contributed by atoms with van der Waals surface area (Å²) in [5, 5.41) is 21.9. The molecule has 1 amide bonds. The number of halogens is 1. The molecule has 1 aromatic rings. The zero-order valence-corrected chi connectivity index (χ0v) is 16.7. The van der Waals surface area contributed by atoms with Crippen LogP contribution in [-0.2, 0) is 9.59 Å². The van der Waals surface area contributed by atoms with Gasteiger partial charge in [0.2, 0.25) is 0 Å². The summed E-state index contributed by atoms with van der Waals surface area (Å²) in [5.74, 6) is -2.54. The largest absolute Gasteiger partial charge is 0.478 e. The van der Waals surface area contributed by atoms with Crippen LogP contribution in [0.15, 0.2) is 40.9 Å². The molecule has 7 nitrogen and oxygen atoms in total. The Bertz CT molecular complexity index is 623. The lowest BCUT2D eigenvalue weighted by Crippen LogP contribution is -2.37. The number of carboxylic acids is 2. The van der Waals surface area contributed by atoms with E-state index in [0.717, 1.165) is 17.4 Å². The van der Waals surface area contributed by atoms with Crippen molar-refractivity contribution in [1.82, 2.24) is 10.6 Å². The molecule has 0 bridgehead atoms. The van der Waals surface area contributed by atoms with Gasteiger partial charge in [0, 0.05) is 34.3 Å². The monoisotopic (exact) mass is 428 g/mol. The summed E-state index contributed by atoms with van der Waals surface area (Å²) in [6.07, 6.45) is 2.04. The fourth-order valence-electron chi connectivity index (χ4n) is 1.63. The van der Waals surface area contributed by atoms with E-state index in [-0.39, 0.29) is 11.4 Å². The van der Waals surface area contributed by atoms with Crippen LogP contribution in [0.1, 0.15) is 37.6 Å². The van der Waals surface area contributed by atoms with Gasteiger partial charge in [-0.05, 0) is 51.9 Å². The molecule has 1 rings (SSSR count). The minimum atomic E-state index is -1.26. The number of carbonyl (C=O) groups excluding carboxylic acids is 1. The van der Waals surface area contributed by atoms with Gasteiger partial charge in [-0.3, -0.25) is 4.79 Å². The van der Waals surface area contributed by atoms with E-state index in [0.29, 0.717) is 24.3 Å². The Balaban J connectivity index is 0.000000660. The Morgan fingerprint density at radius 2 is 1.65 bits per heavy atom. The second kappa shape index (κ2) is 12.2. The highest BCUT2D eigenvalue weighted by Crippen LogP contribution is 2.11. The Morgan fingerprint density at radius 1 is 1.08 bits per heavy atom. The Labute approximate surface area is 161 Å². The SMILES string of the molecule is CC(C)(C)NCCCNC(=O)c1cccc(Br)c1.O=C(O)/C=C\C(=O)O. The average molecular weight is 429 g/mol. The summed E-state index contributed by atoms with van der Waals surface area (Å²) in [4.78, 5) is 30.9. The van der Waals surface area contributed by atoms with Crippen molar-refractivity contribution < 1.29 is 24.6 Å². The summed E-state index contributed by atoms with van der Waals surface area (Å²) in [6, 6.07) is 7.40. The van der Waals surface area contributed by atoms with Gasteiger partial charge in [0.1, 0.15) is 0 Å². The van der Waals surface area contributed by atoms with Crippen LogP contribution >= 0.6 is 15.9 Å². The number of benzene rings is 1. The molecule has 0 spiro atoms. The van der Waals surface area contributed by atoms with E-state index in [1.54, 1.807) is 0 Å². The molecule has 0 aromatic heterocycles. The molecule has 144 valence electrons. The quantitative estimate of drug-likeness (QED) is 0.391. The van der Waals surface area contributed by atoms with E-state index >= 15 is 0 Å². The number of hydrogen-bond acceptors (Lipinski definition) is 4. The fourth-order valence-corrected chi connectivity index (χ4v) is 2.03. The van der Waals surface area contributed by atoms with E-state index in [1.807, 2.05) is 24.3 Å². The molecular weight excluding hydrogens is 404 g/mol. The zero-order chi connectivity index (χ0) is 20.2. The Morgan fingerprint density at radius 3 is 2.12 bits per heavy atom. The normalized spacial score (nSPS) is 10.8. The number of aliphatic carboxylic acids is 2. The summed E-state index contributed by atoms with van der Waals surface area (Å²) in [6.45, 7) is 7.99. The maximum atomic E-state index is 11.8. The van der Waals surface area contributed by atoms with Gasteiger partial charge in [0.25, 0.3) is 5.91 Å². The standard InChI is InChI=1S/C14H21BrN2O.C4H4O4/c1-14(2,3)17-9-5-8-16-13(18)11-6-4-7-12(15)10-11;5-3(6)1-2-4(7)8/h4,6-7,10,17H,5,8-9H2,1-3H3,(H,16,18);1-2H,(H,5,6)(H,7,8)/b;2-1-. The topological polar surface area (TPSA) is 116 Å². The maximum absolute atomic E-state index is 11.8. The van der Waals surface area contributed by atoms with E-state index < -0.39 is 11.9 Å². The minimum absolute atomic E-state index is 0.0212. The number of carbonyl (C=O) groups is 3. The molecule has 0 saturated carbocycles. The van der Waals surface area contributed by atoms with Crippen molar-refractivity contribution in [3.63, 3.8) is 0 Å². The second-order valence-corrected chi connectivity index (χ2v) is 7.22. The van der Waals surface area contributed by atoms with Gasteiger partial charge in [-0.25, -0.2) is 9.59 Å². The van der Waals surface area contributed by atoms with E-state index in [4.69, 9.17) is 10.2 Å². The van der Waals surface area contributed by atoms with Gasteiger partial charge >= 0.3 is 11.9 Å². The molecule has 0 heterocycles. The van der Waals surface area contributed by atoms with Crippen LogP contribution in [0.25, 0.3) is 0 Å². The lowest BCUT2D eigenvalue weighted by atomic mass is 10.1. The predicted molar refractivity (Wildman–Crippen MR) is 103 cm³/mol. The van der Waals surface area contributed by atoms with Crippen molar-refractivity contribution in [2.45, 2.75) is 32.7 Å². The van der Waals surface area contributed by atoms with Crippen LogP contribution < -0.4 is 10.6 Å². The second-order valence-electron chi connectivity index (χ2n) is 6.31. The van der Waals surface area contributed by atoms with Crippen LogP contribution in [0.4, 0.5) is 0 Å². The lowest BCUT2D eigenvalue weighted by Gasteiger charge is -2.20. The molecule has 1 aromatic carbocycles. The first-order chi connectivity index (χ1) is 12.0. The van der Waals surface area contributed by atoms with Gasteiger partial charge in [0.05, 0.1) is 0 Å². The first-order valence-corrected chi connectivity index (χ1v) is 8.73. The molecular formula is C18H25BrN2O5. The number of hydrogen-bond donors (Lipinski definition) is 4. The zero-order valence-electron chi connectivity index (χ0n) is 15.1. The van der Waals surface area contributed by atoms with Crippen molar-refractivity contribution in [2.75, 3.05) is 13.1 Å². The third kappa shape index (κ3) is 14.2. The van der Waals surface area contributed by atoms with E-state index in [9.17, 15) is 14.4 Å².